The Kier molecular flexibility index (Phi) is 3.42. The van der Waals surface area contributed by atoms with Gasteiger partial charge in [0.25, 0.3) is 0 Å². The first-order valence-electron chi connectivity index (χ1n) is 5.47. The molecule has 0 fully saturated rings. The molecule has 88 valence electrons. The van der Waals surface area contributed by atoms with Crippen LogP contribution in [0.5, 0.6) is 0 Å². The summed E-state index contributed by atoms with van der Waals surface area (Å²) >= 11 is 6.05. The SMILES string of the molecule is C#CCn1cc(CN(C)C)c2cc(Cl)ccc21. The van der Waals surface area contributed by atoms with Crippen LogP contribution in [0, 0.1) is 12.3 Å². The largest absolute Gasteiger partial charge is 0.336 e. The van der Waals surface area contributed by atoms with Crippen molar-refractivity contribution in [2.75, 3.05) is 14.1 Å². The van der Waals surface area contributed by atoms with Gasteiger partial charge in [-0.15, -0.1) is 6.42 Å². The average molecular weight is 247 g/mol. The second-order valence-electron chi connectivity index (χ2n) is 4.39. The molecule has 2 nitrogen and oxygen atoms in total. The van der Waals surface area contributed by atoms with Gasteiger partial charge in [0, 0.05) is 28.7 Å². The van der Waals surface area contributed by atoms with Gasteiger partial charge in [0.1, 0.15) is 0 Å². The number of terminal acetylenes is 1. The van der Waals surface area contributed by atoms with Crippen LogP contribution in [-0.4, -0.2) is 23.6 Å². The van der Waals surface area contributed by atoms with Crippen molar-refractivity contribution in [3.63, 3.8) is 0 Å². The summed E-state index contributed by atoms with van der Waals surface area (Å²) in [4.78, 5) is 2.13. The summed E-state index contributed by atoms with van der Waals surface area (Å²) in [5.41, 5.74) is 2.40. The molecule has 0 aliphatic heterocycles. The highest BCUT2D eigenvalue weighted by Crippen LogP contribution is 2.25. The van der Waals surface area contributed by atoms with Crippen molar-refractivity contribution in [1.29, 1.82) is 0 Å². The zero-order chi connectivity index (χ0) is 12.4. The fourth-order valence-corrected chi connectivity index (χ4v) is 2.21. The van der Waals surface area contributed by atoms with Crippen LogP contribution in [0.25, 0.3) is 10.9 Å². The predicted octanol–water partition coefficient (Wildman–Crippen LogP) is 2.99. The van der Waals surface area contributed by atoms with Crippen molar-refractivity contribution in [2.24, 2.45) is 0 Å². The first-order valence-corrected chi connectivity index (χ1v) is 5.85. The Morgan fingerprint density at radius 1 is 1.41 bits per heavy atom. The zero-order valence-electron chi connectivity index (χ0n) is 10.1. The molecule has 1 aromatic heterocycles. The molecular weight excluding hydrogens is 232 g/mol. The lowest BCUT2D eigenvalue weighted by Gasteiger charge is -2.07. The topological polar surface area (TPSA) is 8.17 Å². The Morgan fingerprint density at radius 3 is 2.82 bits per heavy atom. The molecule has 0 aliphatic rings. The maximum Gasteiger partial charge on any atom is 0.0835 e. The molecule has 1 heterocycles. The van der Waals surface area contributed by atoms with E-state index in [1.165, 1.54) is 10.9 Å². The summed E-state index contributed by atoms with van der Waals surface area (Å²) in [7, 11) is 4.10. The number of rotatable bonds is 3. The van der Waals surface area contributed by atoms with E-state index in [0.717, 1.165) is 17.1 Å². The van der Waals surface area contributed by atoms with Crippen LogP contribution in [0.2, 0.25) is 5.02 Å². The monoisotopic (exact) mass is 246 g/mol. The Labute approximate surface area is 107 Å². The van der Waals surface area contributed by atoms with Crippen molar-refractivity contribution in [2.45, 2.75) is 13.1 Å². The highest BCUT2D eigenvalue weighted by Gasteiger charge is 2.09. The number of fused-ring (bicyclic) bond motifs is 1. The maximum atomic E-state index is 6.05. The number of benzene rings is 1. The van der Waals surface area contributed by atoms with Gasteiger partial charge in [-0.05, 0) is 37.9 Å². The Balaban J connectivity index is 2.59. The summed E-state index contributed by atoms with van der Waals surface area (Å²) in [6.45, 7) is 1.47. The molecule has 0 saturated carbocycles. The standard InChI is InChI=1S/C14H15ClN2/c1-4-7-17-10-11(9-16(2)3)13-8-12(15)5-6-14(13)17/h1,5-6,8,10H,7,9H2,2-3H3. The molecular formula is C14H15ClN2. The van der Waals surface area contributed by atoms with Crippen LogP contribution < -0.4 is 0 Å². The number of nitrogens with zero attached hydrogens (tertiary/aromatic N) is 2. The normalized spacial score (nSPS) is 11.0. The molecule has 0 amide bonds. The van der Waals surface area contributed by atoms with Crippen molar-refractivity contribution in [3.8, 4) is 12.3 Å². The van der Waals surface area contributed by atoms with E-state index in [-0.39, 0.29) is 0 Å². The third kappa shape index (κ3) is 2.46. The van der Waals surface area contributed by atoms with Crippen molar-refractivity contribution in [1.82, 2.24) is 9.47 Å². The summed E-state index contributed by atoms with van der Waals surface area (Å²) in [6, 6.07) is 5.92. The van der Waals surface area contributed by atoms with Gasteiger partial charge < -0.3 is 9.47 Å². The highest BCUT2D eigenvalue weighted by atomic mass is 35.5. The maximum absolute atomic E-state index is 6.05. The number of hydrogen-bond donors (Lipinski definition) is 0. The minimum atomic E-state index is 0.589. The van der Waals surface area contributed by atoms with E-state index in [4.69, 9.17) is 18.0 Å². The van der Waals surface area contributed by atoms with Crippen LogP contribution >= 0.6 is 11.6 Å². The lowest BCUT2D eigenvalue weighted by atomic mass is 10.2. The molecule has 3 heteroatoms. The Hall–Kier alpha value is -1.43. The van der Waals surface area contributed by atoms with E-state index in [9.17, 15) is 0 Å². The van der Waals surface area contributed by atoms with Crippen LogP contribution in [0.1, 0.15) is 5.56 Å². The molecule has 0 radical (unpaired) electrons. The number of aromatic nitrogens is 1. The van der Waals surface area contributed by atoms with Gasteiger partial charge in [0.15, 0.2) is 0 Å². The van der Waals surface area contributed by atoms with E-state index in [0.29, 0.717) is 6.54 Å². The van der Waals surface area contributed by atoms with E-state index in [1.807, 2.05) is 18.2 Å². The fraction of sp³-hybridized carbons (Fsp3) is 0.286. The second kappa shape index (κ2) is 4.83. The average Bonchev–Trinajstić information content (AvgIpc) is 2.56. The molecule has 0 unspecified atom stereocenters. The van der Waals surface area contributed by atoms with Gasteiger partial charge in [-0.2, -0.15) is 0 Å². The molecule has 0 saturated heterocycles. The van der Waals surface area contributed by atoms with E-state index in [2.05, 4.69) is 35.7 Å². The summed E-state index contributed by atoms with van der Waals surface area (Å²) < 4.78 is 2.09. The molecule has 2 rings (SSSR count). The summed E-state index contributed by atoms with van der Waals surface area (Å²) in [5, 5.41) is 1.94. The third-order valence-corrected chi connectivity index (χ3v) is 2.91. The summed E-state index contributed by atoms with van der Waals surface area (Å²) in [5.74, 6) is 2.67. The quantitative estimate of drug-likeness (QED) is 0.756. The van der Waals surface area contributed by atoms with Crippen LogP contribution in [0.3, 0.4) is 0 Å². The Morgan fingerprint density at radius 2 is 2.18 bits per heavy atom. The van der Waals surface area contributed by atoms with Crippen molar-refractivity contribution < 1.29 is 0 Å². The smallest absolute Gasteiger partial charge is 0.0835 e. The molecule has 0 N–H and O–H groups in total. The van der Waals surface area contributed by atoms with Crippen LogP contribution in [0.15, 0.2) is 24.4 Å². The first kappa shape index (κ1) is 12.0. The van der Waals surface area contributed by atoms with Gasteiger partial charge in [0.05, 0.1) is 6.54 Å². The van der Waals surface area contributed by atoms with Crippen LogP contribution in [0.4, 0.5) is 0 Å². The molecule has 0 aliphatic carbocycles. The number of hydrogen-bond acceptors (Lipinski definition) is 1. The van der Waals surface area contributed by atoms with Crippen molar-refractivity contribution in [3.05, 3.63) is 35.0 Å². The molecule has 1 aromatic carbocycles. The van der Waals surface area contributed by atoms with Crippen LogP contribution in [-0.2, 0) is 13.1 Å². The predicted molar refractivity (Wildman–Crippen MR) is 73.2 cm³/mol. The Bertz CT molecular complexity index is 576. The lowest BCUT2D eigenvalue weighted by molar-refractivity contribution is 0.403. The number of halogens is 1. The van der Waals surface area contributed by atoms with Gasteiger partial charge in [-0.25, -0.2) is 0 Å². The van der Waals surface area contributed by atoms with Gasteiger partial charge in [0.2, 0.25) is 0 Å². The fourth-order valence-electron chi connectivity index (χ4n) is 2.04. The first-order chi connectivity index (χ1) is 8.11. The van der Waals surface area contributed by atoms with E-state index >= 15 is 0 Å². The zero-order valence-corrected chi connectivity index (χ0v) is 10.8. The highest BCUT2D eigenvalue weighted by molar-refractivity contribution is 6.31. The van der Waals surface area contributed by atoms with Gasteiger partial charge in [-0.1, -0.05) is 17.5 Å². The molecule has 0 spiro atoms. The molecule has 0 bridgehead atoms. The third-order valence-electron chi connectivity index (χ3n) is 2.67. The molecule has 2 aromatic rings. The van der Waals surface area contributed by atoms with E-state index in [1.54, 1.807) is 0 Å². The van der Waals surface area contributed by atoms with Gasteiger partial charge >= 0.3 is 0 Å². The molecule has 17 heavy (non-hydrogen) atoms. The minimum absolute atomic E-state index is 0.589. The minimum Gasteiger partial charge on any atom is -0.336 e. The van der Waals surface area contributed by atoms with Crippen molar-refractivity contribution >= 4 is 22.5 Å². The van der Waals surface area contributed by atoms with Gasteiger partial charge in [-0.3, -0.25) is 0 Å². The second-order valence-corrected chi connectivity index (χ2v) is 4.82. The lowest BCUT2D eigenvalue weighted by Crippen LogP contribution is -2.10. The van der Waals surface area contributed by atoms with E-state index < -0.39 is 0 Å². The summed E-state index contributed by atoms with van der Waals surface area (Å²) in [6.07, 6.45) is 7.50. The molecule has 0 atom stereocenters.